The molecule has 4 nitrogen and oxygen atoms in total. The van der Waals surface area contributed by atoms with Crippen molar-refractivity contribution in [3.05, 3.63) is 70.7 Å². The molecule has 0 heterocycles. The van der Waals surface area contributed by atoms with Gasteiger partial charge in [0.1, 0.15) is 0 Å². The SMILES string of the molecule is O=C(O)C[C@@H](NC(=O)c1ccc(Cl)cc1)c1ccccc1. The second-order valence-electron chi connectivity index (χ2n) is 4.54. The van der Waals surface area contributed by atoms with Gasteiger partial charge < -0.3 is 10.4 Å². The quantitative estimate of drug-likeness (QED) is 0.890. The maximum Gasteiger partial charge on any atom is 0.305 e. The van der Waals surface area contributed by atoms with E-state index in [1.54, 1.807) is 48.5 Å². The Hall–Kier alpha value is -2.33. The second kappa shape index (κ2) is 6.90. The van der Waals surface area contributed by atoms with E-state index in [9.17, 15) is 9.59 Å². The molecule has 2 aromatic rings. The van der Waals surface area contributed by atoms with Crippen LogP contribution in [-0.2, 0) is 4.79 Å². The summed E-state index contributed by atoms with van der Waals surface area (Å²) < 4.78 is 0. The lowest BCUT2D eigenvalue weighted by Gasteiger charge is -2.17. The fraction of sp³-hybridized carbons (Fsp3) is 0.125. The van der Waals surface area contributed by atoms with E-state index in [0.29, 0.717) is 10.6 Å². The van der Waals surface area contributed by atoms with Crippen LogP contribution in [-0.4, -0.2) is 17.0 Å². The molecule has 1 amide bonds. The van der Waals surface area contributed by atoms with E-state index in [2.05, 4.69) is 5.32 Å². The standard InChI is InChI=1S/C16H14ClNO3/c17-13-8-6-12(7-9-13)16(21)18-14(10-15(19)20)11-4-2-1-3-5-11/h1-9,14H,10H2,(H,18,21)(H,19,20)/t14-/m1/s1. The van der Waals surface area contributed by atoms with Crippen molar-refractivity contribution in [3.8, 4) is 0 Å². The van der Waals surface area contributed by atoms with Gasteiger partial charge in [0.2, 0.25) is 0 Å². The van der Waals surface area contributed by atoms with Gasteiger partial charge in [-0.25, -0.2) is 0 Å². The first-order valence-electron chi connectivity index (χ1n) is 6.39. The van der Waals surface area contributed by atoms with Gasteiger partial charge in [-0.1, -0.05) is 41.9 Å². The number of benzene rings is 2. The Labute approximate surface area is 127 Å². The first-order chi connectivity index (χ1) is 10.1. The summed E-state index contributed by atoms with van der Waals surface area (Å²) in [6, 6.07) is 14.9. The van der Waals surface area contributed by atoms with Gasteiger partial charge >= 0.3 is 5.97 Å². The van der Waals surface area contributed by atoms with Crippen molar-refractivity contribution in [2.45, 2.75) is 12.5 Å². The summed E-state index contributed by atoms with van der Waals surface area (Å²) in [5.41, 5.74) is 1.19. The molecular formula is C16H14ClNO3. The monoisotopic (exact) mass is 303 g/mol. The molecule has 0 fully saturated rings. The summed E-state index contributed by atoms with van der Waals surface area (Å²) in [5, 5.41) is 12.3. The third-order valence-electron chi connectivity index (χ3n) is 2.99. The van der Waals surface area contributed by atoms with Crippen LogP contribution in [0.5, 0.6) is 0 Å². The summed E-state index contributed by atoms with van der Waals surface area (Å²) in [6.07, 6.45) is -0.177. The number of carbonyl (C=O) groups excluding carboxylic acids is 1. The Morgan fingerprint density at radius 2 is 1.67 bits per heavy atom. The Kier molecular flexibility index (Phi) is 4.95. The van der Waals surface area contributed by atoms with Gasteiger partial charge in [-0.3, -0.25) is 9.59 Å². The van der Waals surface area contributed by atoms with Crippen molar-refractivity contribution < 1.29 is 14.7 Å². The van der Waals surface area contributed by atoms with E-state index in [1.165, 1.54) is 0 Å². The Morgan fingerprint density at radius 3 is 2.24 bits per heavy atom. The first kappa shape index (κ1) is 15.1. The Morgan fingerprint density at radius 1 is 1.05 bits per heavy atom. The minimum atomic E-state index is -0.972. The van der Waals surface area contributed by atoms with E-state index >= 15 is 0 Å². The van der Waals surface area contributed by atoms with Gasteiger partial charge in [0.05, 0.1) is 12.5 Å². The summed E-state index contributed by atoms with van der Waals surface area (Å²) in [7, 11) is 0. The molecule has 5 heteroatoms. The third kappa shape index (κ3) is 4.33. The number of aliphatic carboxylic acids is 1. The Bertz CT molecular complexity index is 626. The van der Waals surface area contributed by atoms with E-state index in [0.717, 1.165) is 5.56 Å². The first-order valence-corrected chi connectivity index (χ1v) is 6.77. The molecule has 0 aliphatic heterocycles. The van der Waals surface area contributed by atoms with Crippen LogP contribution in [0, 0.1) is 0 Å². The molecule has 1 atom stereocenters. The molecule has 2 N–H and O–H groups in total. The maximum absolute atomic E-state index is 12.2. The fourth-order valence-corrected chi connectivity index (χ4v) is 2.08. The maximum atomic E-state index is 12.2. The number of hydrogen-bond acceptors (Lipinski definition) is 2. The molecule has 0 aromatic heterocycles. The van der Waals surface area contributed by atoms with Crippen molar-refractivity contribution in [2.24, 2.45) is 0 Å². The number of amides is 1. The molecule has 108 valence electrons. The van der Waals surface area contributed by atoms with Crippen molar-refractivity contribution in [2.75, 3.05) is 0 Å². The number of halogens is 1. The lowest BCUT2D eigenvalue weighted by atomic mass is 10.0. The fourth-order valence-electron chi connectivity index (χ4n) is 1.96. The highest BCUT2D eigenvalue weighted by Crippen LogP contribution is 2.18. The number of carbonyl (C=O) groups is 2. The highest BCUT2D eigenvalue weighted by molar-refractivity contribution is 6.30. The molecule has 2 aromatic carbocycles. The van der Waals surface area contributed by atoms with Gasteiger partial charge in [-0.2, -0.15) is 0 Å². The zero-order valence-electron chi connectivity index (χ0n) is 11.1. The van der Waals surface area contributed by atoms with Gasteiger partial charge in [0.25, 0.3) is 5.91 Å². The second-order valence-corrected chi connectivity index (χ2v) is 4.98. The summed E-state index contributed by atoms with van der Waals surface area (Å²) in [4.78, 5) is 23.2. The summed E-state index contributed by atoms with van der Waals surface area (Å²) >= 11 is 5.78. The number of hydrogen-bond donors (Lipinski definition) is 2. The average Bonchev–Trinajstić information content (AvgIpc) is 2.47. The van der Waals surface area contributed by atoms with E-state index in [-0.39, 0.29) is 12.3 Å². The van der Waals surface area contributed by atoms with Crippen molar-refractivity contribution >= 4 is 23.5 Å². The number of nitrogens with one attached hydrogen (secondary N) is 1. The van der Waals surface area contributed by atoms with Crippen molar-refractivity contribution in [1.29, 1.82) is 0 Å². The minimum Gasteiger partial charge on any atom is -0.481 e. The van der Waals surface area contributed by atoms with Crippen LogP contribution < -0.4 is 5.32 Å². The zero-order valence-corrected chi connectivity index (χ0v) is 11.9. The van der Waals surface area contributed by atoms with E-state index in [1.807, 2.05) is 6.07 Å². The molecule has 0 radical (unpaired) electrons. The van der Waals surface area contributed by atoms with Crippen molar-refractivity contribution in [3.63, 3.8) is 0 Å². The van der Waals surface area contributed by atoms with Crippen LogP contribution in [0.2, 0.25) is 5.02 Å². The molecule has 0 bridgehead atoms. The Balaban J connectivity index is 2.17. The average molecular weight is 304 g/mol. The van der Waals surface area contributed by atoms with E-state index < -0.39 is 12.0 Å². The third-order valence-corrected chi connectivity index (χ3v) is 3.24. The van der Waals surface area contributed by atoms with Gasteiger partial charge in [0, 0.05) is 10.6 Å². The largest absolute Gasteiger partial charge is 0.481 e. The normalized spacial score (nSPS) is 11.7. The molecule has 0 saturated carbocycles. The van der Waals surface area contributed by atoms with Crippen molar-refractivity contribution in [1.82, 2.24) is 5.32 Å². The predicted molar refractivity (Wildman–Crippen MR) is 80.4 cm³/mol. The summed E-state index contributed by atoms with van der Waals surface area (Å²) in [5.74, 6) is -1.30. The van der Waals surface area contributed by atoms with Crippen LogP contribution >= 0.6 is 11.6 Å². The highest BCUT2D eigenvalue weighted by Gasteiger charge is 2.18. The van der Waals surface area contributed by atoms with Crippen LogP contribution in [0.3, 0.4) is 0 Å². The van der Waals surface area contributed by atoms with Crippen LogP contribution in [0.25, 0.3) is 0 Å². The van der Waals surface area contributed by atoms with Gasteiger partial charge in [0.15, 0.2) is 0 Å². The summed E-state index contributed by atoms with van der Waals surface area (Å²) in [6.45, 7) is 0. The predicted octanol–water partition coefficient (Wildman–Crippen LogP) is 3.29. The highest BCUT2D eigenvalue weighted by atomic mass is 35.5. The van der Waals surface area contributed by atoms with Gasteiger partial charge in [-0.15, -0.1) is 0 Å². The molecular weight excluding hydrogens is 290 g/mol. The van der Waals surface area contributed by atoms with Crippen LogP contribution in [0.15, 0.2) is 54.6 Å². The lowest BCUT2D eigenvalue weighted by Crippen LogP contribution is -2.30. The molecule has 0 saturated heterocycles. The van der Waals surface area contributed by atoms with E-state index in [4.69, 9.17) is 16.7 Å². The minimum absolute atomic E-state index is 0.177. The topological polar surface area (TPSA) is 66.4 Å². The number of rotatable bonds is 5. The number of carboxylic acids is 1. The molecule has 21 heavy (non-hydrogen) atoms. The van der Waals surface area contributed by atoms with Gasteiger partial charge in [-0.05, 0) is 29.8 Å². The zero-order chi connectivity index (χ0) is 15.2. The van der Waals surface area contributed by atoms with Crippen LogP contribution in [0.1, 0.15) is 28.4 Å². The molecule has 0 aliphatic rings. The molecule has 2 rings (SSSR count). The smallest absolute Gasteiger partial charge is 0.305 e. The van der Waals surface area contributed by atoms with Crippen LogP contribution in [0.4, 0.5) is 0 Å². The number of carboxylic acid groups (broad SMARTS) is 1. The molecule has 0 spiro atoms. The molecule has 0 aliphatic carbocycles. The lowest BCUT2D eigenvalue weighted by molar-refractivity contribution is -0.137. The molecule has 0 unspecified atom stereocenters.